The van der Waals surface area contributed by atoms with E-state index >= 15 is 0 Å². The number of rotatable bonds is 8. The van der Waals surface area contributed by atoms with Crippen molar-refractivity contribution in [1.82, 2.24) is 15.3 Å². The molecule has 1 aromatic heterocycles. The van der Waals surface area contributed by atoms with E-state index in [2.05, 4.69) is 15.5 Å². The predicted molar refractivity (Wildman–Crippen MR) is 131 cm³/mol. The molecule has 1 aliphatic heterocycles. The largest absolute Gasteiger partial charge is 0.377 e. The summed E-state index contributed by atoms with van der Waals surface area (Å²) in [6.45, 7) is 3.04. The van der Waals surface area contributed by atoms with Crippen LogP contribution in [0.25, 0.3) is 11.4 Å². The summed E-state index contributed by atoms with van der Waals surface area (Å²) in [7, 11) is -3.34. The smallest absolute Gasteiger partial charge is 0.319 e. The Labute approximate surface area is 208 Å². The molecule has 2 aromatic rings. The summed E-state index contributed by atoms with van der Waals surface area (Å²) >= 11 is 0. The van der Waals surface area contributed by atoms with Crippen LogP contribution in [0.15, 0.2) is 30.3 Å². The number of sulfone groups is 1. The summed E-state index contributed by atoms with van der Waals surface area (Å²) in [5.74, 6) is 1.06. The van der Waals surface area contributed by atoms with Gasteiger partial charge in [-0.15, -0.1) is 0 Å². The number of nitrogens with one attached hydrogen (secondary N) is 2. The van der Waals surface area contributed by atoms with Gasteiger partial charge in [-0.2, -0.15) is 0 Å². The van der Waals surface area contributed by atoms with Gasteiger partial charge in [0.2, 0.25) is 0 Å². The van der Waals surface area contributed by atoms with Crippen LogP contribution in [0.2, 0.25) is 0 Å². The van der Waals surface area contributed by atoms with Crippen LogP contribution in [0.1, 0.15) is 38.3 Å². The number of nitrogens with zero attached hydrogens (tertiary/aromatic N) is 3. The number of halogens is 2. The lowest BCUT2D eigenvalue weighted by Gasteiger charge is -2.34. The van der Waals surface area contributed by atoms with Gasteiger partial charge in [0.25, 0.3) is 6.43 Å². The molecule has 0 bridgehead atoms. The van der Waals surface area contributed by atoms with Crippen molar-refractivity contribution in [3.05, 3.63) is 36.0 Å². The molecule has 1 atom stereocenters. The molecule has 1 aromatic carbocycles. The fraction of sp³-hybridized carbons (Fsp3) is 0.542. The van der Waals surface area contributed by atoms with Gasteiger partial charge in [0.15, 0.2) is 15.7 Å². The number of carbonyl (C=O) groups excluding carboxylic acids is 1. The van der Waals surface area contributed by atoms with E-state index in [4.69, 9.17) is 14.7 Å². The zero-order chi connectivity index (χ0) is 25.5. The van der Waals surface area contributed by atoms with Crippen LogP contribution in [0.4, 0.5) is 25.1 Å². The number of hydrogen-bond donors (Lipinski definition) is 2. The number of carbonyl (C=O) groups is 1. The highest BCUT2D eigenvalue weighted by molar-refractivity contribution is 7.93. The first kappa shape index (κ1) is 24.8. The van der Waals surface area contributed by atoms with Crippen LogP contribution in [-0.4, -0.2) is 68.4 Å². The van der Waals surface area contributed by atoms with E-state index in [9.17, 15) is 22.0 Å². The maximum Gasteiger partial charge on any atom is 0.319 e. The number of urea groups is 1. The molecule has 0 spiro atoms. The molecular formula is C24H29F2N5O4S. The number of morpholine rings is 1. The standard InChI is InChI=1S/C24H29F2N5O4S/c1-15-14-35-11-10-31(15)21-12-19(24(8-9-24)36(33,34)18-6-7-18)29-22(30-21)16-2-4-17(5-3-16)28-23(32)27-13-20(25)26/h2-5,12,15,18,20H,6-11,13-14H2,1H3,(H2,27,28,32)/t15-/m0/s1. The summed E-state index contributed by atoms with van der Waals surface area (Å²) < 4.78 is 55.9. The van der Waals surface area contributed by atoms with Crippen molar-refractivity contribution in [3.8, 4) is 11.4 Å². The van der Waals surface area contributed by atoms with Gasteiger partial charge in [-0.3, -0.25) is 0 Å². The Morgan fingerprint density at radius 3 is 2.56 bits per heavy atom. The van der Waals surface area contributed by atoms with Crippen molar-refractivity contribution in [2.45, 2.75) is 55.1 Å². The number of hydrogen-bond acceptors (Lipinski definition) is 7. The number of anilines is 2. The second-order valence-corrected chi connectivity index (χ2v) is 12.1. The number of ether oxygens (including phenoxy) is 1. The topological polar surface area (TPSA) is 114 Å². The fourth-order valence-corrected chi connectivity index (χ4v) is 7.02. The third-order valence-electron chi connectivity index (χ3n) is 6.87. The highest BCUT2D eigenvalue weighted by Crippen LogP contribution is 2.57. The summed E-state index contributed by atoms with van der Waals surface area (Å²) in [6.07, 6.45) is -0.123. The third-order valence-corrected chi connectivity index (χ3v) is 9.93. The highest BCUT2D eigenvalue weighted by atomic mass is 32.2. The molecular weight excluding hydrogens is 492 g/mol. The molecule has 9 nitrogen and oxygen atoms in total. The van der Waals surface area contributed by atoms with Crippen molar-refractivity contribution < 1.29 is 26.7 Å². The van der Waals surface area contributed by atoms with Gasteiger partial charge in [-0.25, -0.2) is 32.0 Å². The molecule has 36 heavy (non-hydrogen) atoms. The number of benzene rings is 1. The van der Waals surface area contributed by atoms with Crippen LogP contribution in [-0.2, 0) is 19.3 Å². The SMILES string of the molecule is C[C@H]1COCCN1c1cc(C2(S(=O)(=O)C3CC3)CC2)nc(-c2ccc(NC(=O)NCC(F)F)cc2)n1. The zero-order valence-corrected chi connectivity index (χ0v) is 20.7. The summed E-state index contributed by atoms with van der Waals surface area (Å²) in [5.41, 5.74) is 1.59. The van der Waals surface area contributed by atoms with Gasteiger partial charge in [0.1, 0.15) is 10.6 Å². The van der Waals surface area contributed by atoms with Crippen LogP contribution >= 0.6 is 0 Å². The predicted octanol–water partition coefficient (Wildman–Crippen LogP) is 3.32. The maximum atomic E-state index is 13.3. The van der Waals surface area contributed by atoms with Crippen LogP contribution in [0.5, 0.6) is 0 Å². The molecule has 2 heterocycles. The van der Waals surface area contributed by atoms with Gasteiger partial charge in [0.05, 0.1) is 36.7 Å². The van der Waals surface area contributed by atoms with E-state index in [1.165, 1.54) is 0 Å². The van der Waals surface area contributed by atoms with E-state index in [1.54, 1.807) is 24.3 Å². The van der Waals surface area contributed by atoms with Crippen molar-refractivity contribution in [1.29, 1.82) is 0 Å². The first-order valence-electron chi connectivity index (χ1n) is 12.1. The monoisotopic (exact) mass is 521 g/mol. The highest BCUT2D eigenvalue weighted by Gasteiger charge is 2.61. The minimum Gasteiger partial charge on any atom is -0.377 e. The van der Waals surface area contributed by atoms with E-state index in [-0.39, 0.29) is 11.3 Å². The Morgan fingerprint density at radius 2 is 1.94 bits per heavy atom. The minimum absolute atomic E-state index is 0.0721. The molecule has 2 amide bonds. The van der Waals surface area contributed by atoms with E-state index < -0.39 is 33.6 Å². The Kier molecular flexibility index (Phi) is 6.58. The van der Waals surface area contributed by atoms with Gasteiger partial charge in [-0.1, -0.05) is 0 Å². The zero-order valence-electron chi connectivity index (χ0n) is 19.9. The molecule has 3 fully saturated rings. The molecule has 2 saturated carbocycles. The quantitative estimate of drug-likeness (QED) is 0.548. The Morgan fingerprint density at radius 1 is 1.22 bits per heavy atom. The van der Waals surface area contributed by atoms with E-state index in [0.29, 0.717) is 74.0 Å². The van der Waals surface area contributed by atoms with Crippen molar-refractivity contribution in [2.75, 3.05) is 36.5 Å². The number of aromatic nitrogens is 2. The normalized spacial score (nSPS) is 21.3. The lowest BCUT2D eigenvalue weighted by molar-refractivity contribution is 0.0985. The molecule has 0 unspecified atom stereocenters. The van der Waals surface area contributed by atoms with E-state index in [1.807, 2.05) is 13.0 Å². The summed E-state index contributed by atoms with van der Waals surface area (Å²) in [5, 5.41) is 4.30. The lowest BCUT2D eigenvalue weighted by Crippen LogP contribution is -2.44. The Hall–Kier alpha value is -2.86. The first-order chi connectivity index (χ1) is 17.2. The lowest BCUT2D eigenvalue weighted by atomic mass is 10.1. The van der Waals surface area contributed by atoms with E-state index in [0.717, 1.165) is 0 Å². The van der Waals surface area contributed by atoms with Gasteiger partial charge in [0, 0.05) is 23.9 Å². The average Bonchev–Trinajstić information content (AvgIpc) is 3.76. The van der Waals surface area contributed by atoms with Crippen LogP contribution < -0.4 is 15.5 Å². The molecule has 1 saturated heterocycles. The van der Waals surface area contributed by atoms with Crippen LogP contribution in [0.3, 0.4) is 0 Å². The fourth-order valence-electron chi connectivity index (χ4n) is 4.56. The van der Waals surface area contributed by atoms with Crippen molar-refractivity contribution in [3.63, 3.8) is 0 Å². The van der Waals surface area contributed by atoms with Gasteiger partial charge < -0.3 is 20.3 Å². The minimum atomic E-state index is -3.34. The molecule has 0 radical (unpaired) electrons. The second-order valence-electron chi connectivity index (χ2n) is 9.59. The molecule has 2 N–H and O–H groups in total. The Bertz CT molecular complexity index is 1230. The van der Waals surface area contributed by atoms with Crippen LogP contribution in [0, 0.1) is 0 Å². The first-order valence-corrected chi connectivity index (χ1v) is 13.6. The summed E-state index contributed by atoms with van der Waals surface area (Å²) in [6, 6.07) is 7.83. The summed E-state index contributed by atoms with van der Waals surface area (Å²) in [4.78, 5) is 23.4. The van der Waals surface area contributed by atoms with Crippen molar-refractivity contribution >= 4 is 27.4 Å². The average molecular weight is 522 g/mol. The maximum absolute atomic E-state index is 13.3. The number of amides is 2. The Balaban J connectivity index is 1.46. The number of alkyl halides is 2. The molecule has 12 heteroatoms. The third kappa shape index (κ3) is 4.88. The van der Waals surface area contributed by atoms with Gasteiger partial charge >= 0.3 is 6.03 Å². The molecule has 5 rings (SSSR count). The molecule has 3 aliphatic rings. The second kappa shape index (κ2) is 9.55. The van der Waals surface area contributed by atoms with Gasteiger partial charge in [-0.05, 0) is 56.9 Å². The van der Waals surface area contributed by atoms with Crippen molar-refractivity contribution in [2.24, 2.45) is 0 Å². The molecule has 194 valence electrons. The molecule has 2 aliphatic carbocycles.